The van der Waals surface area contributed by atoms with Crippen molar-refractivity contribution < 1.29 is 23.7 Å². The van der Waals surface area contributed by atoms with Crippen LogP contribution in [-0.2, 0) is 0 Å². The van der Waals surface area contributed by atoms with Gasteiger partial charge in [0, 0.05) is 11.6 Å². The predicted octanol–water partition coefficient (Wildman–Crippen LogP) is 2.91. The maximum Gasteiger partial charge on any atom is 0.231 e. The molecule has 0 atom stereocenters. The highest BCUT2D eigenvalue weighted by Crippen LogP contribution is 2.40. The van der Waals surface area contributed by atoms with Crippen molar-refractivity contribution in [2.75, 3.05) is 21.0 Å². The number of hydrogen-bond donors (Lipinski definition) is 0. The first kappa shape index (κ1) is 13.3. The van der Waals surface area contributed by atoms with Gasteiger partial charge in [0.05, 0.1) is 14.2 Å². The van der Waals surface area contributed by atoms with Crippen molar-refractivity contribution in [2.24, 2.45) is 0 Å². The normalized spacial score (nSPS) is 12.1. The van der Waals surface area contributed by atoms with Crippen LogP contribution in [0.5, 0.6) is 23.0 Å². The van der Waals surface area contributed by atoms with Crippen molar-refractivity contribution in [3.05, 3.63) is 35.9 Å². The highest BCUT2D eigenvalue weighted by molar-refractivity contribution is 5.90. The number of hydrogen-bond acceptors (Lipinski definition) is 5. The van der Waals surface area contributed by atoms with Crippen LogP contribution < -0.4 is 18.9 Å². The number of ether oxygens (including phenoxy) is 4. The van der Waals surface area contributed by atoms with Crippen LogP contribution in [0.25, 0.3) is 11.1 Å². The molecule has 0 radical (unpaired) electrons. The van der Waals surface area contributed by atoms with Gasteiger partial charge in [-0.15, -0.1) is 0 Å². The second-order valence-electron chi connectivity index (χ2n) is 4.51. The maximum absolute atomic E-state index is 11.4. The van der Waals surface area contributed by atoms with Crippen molar-refractivity contribution in [3.8, 4) is 34.1 Å². The summed E-state index contributed by atoms with van der Waals surface area (Å²) in [6.45, 7) is 0.165. The number of carbonyl (C=O) groups is 1. The zero-order chi connectivity index (χ0) is 14.8. The summed E-state index contributed by atoms with van der Waals surface area (Å²) in [6, 6.07) is 8.92. The van der Waals surface area contributed by atoms with E-state index in [2.05, 4.69) is 0 Å². The SMILES string of the molecule is COc1cc(OC)cc(-c2cc3c(cc2C=O)OCO3)c1. The van der Waals surface area contributed by atoms with E-state index in [1.807, 2.05) is 12.1 Å². The van der Waals surface area contributed by atoms with Crippen LogP contribution in [0, 0.1) is 0 Å². The van der Waals surface area contributed by atoms with Gasteiger partial charge < -0.3 is 18.9 Å². The molecule has 1 heterocycles. The van der Waals surface area contributed by atoms with E-state index in [0.717, 1.165) is 17.4 Å². The van der Waals surface area contributed by atoms with E-state index < -0.39 is 0 Å². The molecule has 0 saturated heterocycles. The van der Waals surface area contributed by atoms with Crippen LogP contribution in [0.1, 0.15) is 10.4 Å². The molecule has 0 bridgehead atoms. The first-order chi connectivity index (χ1) is 10.2. The van der Waals surface area contributed by atoms with Gasteiger partial charge in [-0.05, 0) is 35.4 Å². The molecule has 108 valence electrons. The fourth-order valence-corrected chi connectivity index (χ4v) is 2.27. The molecule has 1 aliphatic heterocycles. The van der Waals surface area contributed by atoms with Crippen molar-refractivity contribution in [1.29, 1.82) is 0 Å². The molecule has 3 rings (SSSR count). The average Bonchev–Trinajstić information content (AvgIpc) is 3.00. The molecule has 0 saturated carbocycles. The summed E-state index contributed by atoms with van der Waals surface area (Å²) in [5.74, 6) is 2.51. The van der Waals surface area contributed by atoms with E-state index >= 15 is 0 Å². The quantitative estimate of drug-likeness (QED) is 0.809. The van der Waals surface area contributed by atoms with Crippen LogP contribution in [0.3, 0.4) is 0 Å². The van der Waals surface area contributed by atoms with Gasteiger partial charge in [-0.2, -0.15) is 0 Å². The molecule has 0 aliphatic carbocycles. The Hall–Kier alpha value is -2.69. The number of carbonyl (C=O) groups excluding carboxylic acids is 1. The van der Waals surface area contributed by atoms with Gasteiger partial charge in [0.15, 0.2) is 17.8 Å². The molecular formula is C16H14O5. The molecular weight excluding hydrogens is 272 g/mol. The molecule has 5 heteroatoms. The van der Waals surface area contributed by atoms with Gasteiger partial charge in [-0.1, -0.05) is 0 Å². The lowest BCUT2D eigenvalue weighted by Crippen LogP contribution is -1.92. The van der Waals surface area contributed by atoms with Gasteiger partial charge in [0.2, 0.25) is 6.79 Å². The first-order valence-corrected chi connectivity index (χ1v) is 6.37. The highest BCUT2D eigenvalue weighted by atomic mass is 16.7. The van der Waals surface area contributed by atoms with E-state index in [1.165, 1.54) is 0 Å². The van der Waals surface area contributed by atoms with Crippen LogP contribution in [0.2, 0.25) is 0 Å². The average molecular weight is 286 g/mol. The summed E-state index contributed by atoms with van der Waals surface area (Å²) in [6.07, 6.45) is 0.795. The third-order valence-electron chi connectivity index (χ3n) is 3.33. The summed E-state index contributed by atoms with van der Waals surface area (Å²) in [7, 11) is 3.16. The Morgan fingerprint density at radius 2 is 1.57 bits per heavy atom. The Morgan fingerprint density at radius 3 is 2.14 bits per heavy atom. The minimum atomic E-state index is 0.165. The molecule has 2 aromatic rings. The van der Waals surface area contributed by atoms with E-state index in [0.29, 0.717) is 28.6 Å². The van der Waals surface area contributed by atoms with Gasteiger partial charge in [0.1, 0.15) is 11.5 Å². The van der Waals surface area contributed by atoms with Crippen molar-refractivity contribution >= 4 is 6.29 Å². The Morgan fingerprint density at radius 1 is 0.952 bits per heavy atom. The Kier molecular flexibility index (Phi) is 3.39. The summed E-state index contributed by atoms with van der Waals surface area (Å²) in [5, 5.41) is 0. The Balaban J connectivity index is 2.17. The minimum absolute atomic E-state index is 0.165. The lowest BCUT2D eigenvalue weighted by atomic mass is 9.99. The molecule has 21 heavy (non-hydrogen) atoms. The summed E-state index contributed by atoms with van der Waals surface area (Å²) in [5.41, 5.74) is 2.08. The molecule has 0 amide bonds. The molecule has 0 spiro atoms. The van der Waals surface area contributed by atoms with Crippen molar-refractivity contribution in [2.45, 2.75) is 0 Å². The fraction of sp³-hybridized carbons (Fsp3) is 0.188. The fourth-order valence-electron chi connectivity index (χ4n) is 2.27. The number of benzene rings is 2. The minimum Gasteiger partial charge on any atom is -0.497 e. The topological polar surface area (TPSA) is 54.0 Å². The van der Waals surface area contributed by atoms with Gasteiger partial charge >= 0.3 is 0 Å². The number of aldehydes is 1. The van der Waals surface area contributed by atoms with E-state index in [1.54, 1.807) is 32.4 Å². The number of fused-ring (bicyclic) bond motifs is 1. The molecule has 0 N–H and O–H groups in total. The summed E-state index contributed by atoms with van der Waals surface area (Å²) >= 11 is 0. The monoisotopic (exact) mass is 286 g/mol. The zero-order valence-electron chi connectivity index (χ0n) is 11.7. The summed E-state index contributed by atoms with van der Waals surface area (Å²) in [4.78, 5) is 11.4. The lowest BCUT2D eigenvalue weighted by molar-refractivity contribution is 0.112. The third kappa shape index (κ3) is 2.38. The third-order valence-corrected chi connectivity index (χ3v) is 3.33. The molecule has 1 aliphatic rings. The summed E-state index contributed by atoms with van der Waals surface area (Å²) < 4.78 is 21.2. The molecule has 5 nitrogen and oxygen atoms in total. The largest absolute Gasteiger partial charge is 0.497 e. The van der Waals surface area contributed by atoms with Gasteiger partial charge in [-0.3, -0.25) is 4.79 Å². The molecule has 2 aromatic carbocycles. The molecule has 0 aromatic heterocycles. The Labute approximate surface area is 122 Å². The maximum atomic E-state index is 11.4. The van der Waals surface area contributed by atoms with Crippen LogP contribution in [-0.4, -0.2) is 27.3 Å². The van der Waals surface area contributed by atoms with Crippen LogP contribution >= 0.6 is 0 Å². The van der Waals surface area contributed by atoms with Crippen molar-refractivity contribution in [1.82, 2.24) is 0 Å². The number of rotatable bonds is 4. The Bertz CT molecular complexity index is 671. The predicted molar refractivity (Wildman–Crippen MR) is 76.5 cm³/mol. The van der Waals surface area contributed by atoms with E-state index in [-0.39, 0.29) is 6.79 Å². The van der Waals surface area contributed by atoms with E-state index in [9.17, 15) is 4.79 Å². The number of methoxy groups -OCH3 is 2. The van der Waals surface area contributed by atoms with Crippen LogP contribution in [0.15, 0.2) is 30.3 Å². The zero-order valence-corrected chi connectivity index (χ0v) is 11.7. The molecule has 0 fully saturated rings. The highest BCUT2D eigenvalue weighted by Gasteiger charge is 2.18. The van der Waals surface area contributed by atoms with Gasteiger partial charge in [-0.25, -0.2) is 0 Å². The molecule has 0 unspecified atom stereocenters. The second-order valence-corrected chi connectivity index (χ2v) is 4.51. The lowest BCUT2D eigenvalue weighted by Gasteiger charge is -2.11. The van der Waals surface area contributed by atoms with Crippen molar-refractivity contribution in [3.63, 3.8) is 0 Å². The van der Waals surface area contributed by atoms with Gasteiger partial charge in [0.25, 0.3) is 0 Å². The van der Waals surface area contributed by atoms with Crippen LogP contribution in [0.4, 0.5) is 0 Å². The van der Waals surface area contributed by atoms with E-state index in [4.69, 9.17) is 18.9 Å². The first-order valence-electron chi connectivity index (χ1n) is 6.37. The second kappa shape index (κ2) is 5.36. The smallest absolute Gasteiger partial charge is 0.231 e. The standard InChI is InChI=1S/C16H14O5/c1-18-12-3-10(4-13(6-12)19-2)14-7-16-15(20-9-21-16)5-11(14)8-17/h3-8H,9H2,1-2H3.